The van der Waals surface area contributed by atoms with Gasteiger partial charge in [-0.05, 0) is 43.4 Å². The Morgan fingerprint density at radius 3 is 2.40 bits per heavy atom. The molecule has 0 heterocycles. The fourth-order valence-corrected chi connectivity index (χ4v) is 3.48. The van der Waals surface area contributed by atoms with Crippen molar-refractivity contribution in [1.82, 2.24) is 4.72 Å². The van der Waals surface area contributed by atoms with Gasteiger partial charge in [0.05, 0.1) is 4.90 Å². The second-order valence-electron chi connectivity index (χ2n) is 4.63. The molecule has 0 aromatic heterocycles. The van der Waals surface area contributed by atoms with Gasteiger partial charge in [-0.15, -0.1) is 0 Å². The summed E-state index contributed by atoms with van der Waals surface area (Å²) in [5.74, 6) is 2.14. The summed E-state index contributed by atoms with van der Waals surface area (Å²) < 4.78 is 26.4. The minimum Gasteiger partial charge on any atom is -0.382 e. The number of sulfonamides is 1. The summed E-state index contributed by atoms with van der Waals surface area (Å²) in [7, 11) is -3.36. The van der Waals surface area contributed by atoms with Crippen LogP contribution in [-0.2, 0) is 10.0 Å². The maximum Gasteiger partial charge on any atom is 0.240 e. The van der Waals surface area contributed by atoms with Gasteiger partial charge < -0.3 is 5.32 Å². The number of thioether (sulfide) groups is 1. The lowest BCUT2D eigenvalue weighted by Crippen LogP contribution is -2.24. The SMILES string of the molecule is CCCNS(=O)(=O)c1ccc(NC(C)CSCC)cc1. The topological polar surface area (TPSA) is 58.2 Å². The van der Waals surface area contributed by atoms with Crippen molar-refractivity contribution < 1.29 is 8.42 Å². The molecule has 0 saturated carbocycles. The average Bonchev–Trinajstić information content (AvgIpc) is 2.43. The van der Waals surface area contributed by atoms with Gasteiger partial charge in [-0.25, -0.2) is 13.1 Å². The van der Waals surface area contributed by atoms with Crippen molar-refractivity contribution in [3.8, 4) is 0 Å². The van der Waals surface area contributed by atoms with Gasteiger partial charge in [0, 0.05) is 24.0 Å². The largest absolute Gasteiger partial charge is 0.382 e. The summed E-state index contributed by atoms with van der Waals surface area (Å²) in [6.45, 7) is 6.66. The Morgan fingerprint density at radius 1 is 1.20 bits per heavy atom. The lowest BCUT2D eigenvalue weighted by Gasteiger charge is -2.15. The van der Waals surface area contributed by atoms with Crippen LogP contribution in [0.5, 0.6) is 0 Å². The lowest BCUT2D eigenvalue weighted by atomic mass is 10.3. The Morgan fingerprint density at radius 2 is 1.85 bits per heavy atom. The highest BCUT2D eigenvalue weighted by molar-refractivity contribution is 7.99. The highest BCUT2D eigenvalue weighted by atomic mass is 32.2. The van der Waals surface area contributed by atoms with Crippen LogP contribution >= 0.6 is 11.8 Å². The molecule has 0 bridgehead atoms. The molecule has 1 aromatic carbocycles. The predicted molar refractivity (Wildman–Crippen MR) is 88.0 cm³/mol. The molecule has 1 aromatic rings. The Bertz CT molecular complexity index is 486. The zero-order chi connectivity index (χ0) is 15.0. The molecule has 4 nitrogen and oxygen atoms in total. The molecular formula is C14H24N2O2S2. The van der Waals surface area contributed by atoms with Crippen molar-refractivity contribution in [2.24, 2.45) is 0 Å². The van der Waals surface area contributed by atoms with E-state index in [0.717, 1.165) is 23.6 Å². The molecule has 1 rings (SSSR count). The van der Waals surface area contributed by atoms with Gasteiger partial charge in [0.1, 0.15) is 0 Å². The number of hydrogen-bond acceptors (Lipinski definition) is 4. The third kappa shape index (κ3) is 5.73. The molecule has 0 aliphatic carbocycles. The van der Waals surface area contributed by atoms with E-state index in [-0.39, 0.29) is 0 Å². The first kappa shape index (κ1) is 17.3. The number of hydrogen-bond donors (Lipinski definition) is 2. The molecule has 0 spiro atoms. The minimum atomic E-state index is -3.36. The van der Waals surface area contributed by atoms with E-state index in [9.17, 15) is 8.42 Å². The number of benzene rings is 1. The number of nitrogens with one attached hydrogen (secondary N) is 2. The van der Waals surface area contributed by atoms with E-state index in [4.69, 9.17) is 0 Å². The predicted octanol–water partition coefficient (Wildman–Crippen LogP) is 2.93. The first-order valence-electron chi connectivity index (χ1n) is 6.93. The molecule has 0 amide bonds. The highest BCUT2D eigenvalue weighted by Gasteiger charge is 2.12. The van der Waals surface area contributed by atoms with E-state index in [1.54, 1.807) is 12.1 Å². The Kier molecular flexibility index (Phi) is 7.40. The summed E-state index contributed by atoms with van der Waals surface area (Å²) in [6, 6.07) is 7.27. The van der Waals surface area contributed by atoms with E-state index in [1.165, 1.54) is 0 Å². The molecule has 2 N–H and O–H groups in total. The van der Waals surface area contributed by atoms with Crippen LogP contribution < -0.4 is 10.0 Å². The van der Waals surface area contributed by atoms with Crippen LogP contribution in [0.4, 0.5) is 5.69 Å². The van der Waals surface area contributed by atoms with Gasteiger partial charge in [0.2, 0.25) is 10.0 Å². The summed E-state index contributed by atoms with van der Waals surface area (Å²) in [5, 5.41) is 3.36. The van der Waals surface area contributed by atoms with E-state index in [0.29, 0.717) is 17.5 Å². The van der Waals surface area contributed by atoms with Crippen LogP contribution in [0.1, 0.15) is 27.2 Å². The van der Waals surface area contributed by atoms with E-state index in [2.05, 4.69) is 23.9 Å². The Labute approximate surface area is 126 Å². The monoisotopic (exact) mass is 316 g/mol. The standard InChI is InChI=1S/C14H24N2O2S2/c1-4-10-15-20(17,18)14-8-6-13(7-9-14)16-12(3)11-19-5-2/h6-9,12,15-16H,4-5,10-11H2,1-3H3. The maximum absolute atomic E-state index is 11.9. The Balaban J connectivity index is 2.64. The highest BCUT2D eigenvalue weighted by Crippen LogP contribution is 2.15. The maximum atomic E-state index is 11.9. The summed E-state index contributed by atoms with van der Waals surface area (Å²) >= 11 is 1.88. The van der Waals surface area contributed by atoms with Crippen LogP contribution in [0.25, 0.3) is 0 Å². The molecule has 0 aliphatic rings. The molecule has 1 atom stereocenters. The fourth-order valence-electron chi connectivity index (χ4n) is 1.67. The van der Waals surface area contributed by atoms with Gasteiger partial charge in [0.25, 0.3) is 0 Å². The zero-order valence-electron chi connectivity index (χ0n) is 12.3. The van der Waals surface area contributed by atoms with Crippen LogP contribution in [-0.4, -0.2) is 32.5 Å². The van der Waals surface area contributed by atoms with Crippen molar-refractivity contribution in [2.45, 2.75) is 38.1 Å². The smallest absolute Gasteiger partial charge is 0.240 e. The van der Waals surface area contributed by atoms with Gasteiger partial charge in [-0.3, -0.25) is 0 Å². The molecule has 0 radical (unpaired) electrons. The summed E-state index contributed by atoms with van der Waals surface area (Å²) in [6.07, 6.45) is 0.783. The van der Waals surface area contributed by atoms with Gasteiger partial charge in [-0.1, -0.05) is 13.8 Å². The zero-order valence-corrected chi connectivity index (χ0v) is 14.0. The lowest BCUT2D eigenvalue weighted by molar-refractivity contribution is 0.581. The second-order valence-corrected chi connectivity index (χ2v) is 7.71. The van der Waals surface area contributed by atoms with Crippen molar-refractivity contribution in [3.05, 3.63) is 24.3 Å². The summed E-state index contributed by atoms with van der Waals surface area (Å²) in [5.41, 5.74) is 0.948. The van der Waals surface area contributed by atoms with Crippen molar-refractivity contribution in [1.29, 1.82) is 0 Å². The van der Waals surface area contributed by atoms with Crippen LogP contribution in [0.2, 0.25) is 0 Å². The normalized spacial score (nSPS) is 13.2. The molecule has 114 valence electrons. The molecule has 0 fully saturated rings. The van der Waals surface area contributed by atoms with Crippen molar-refractivity contribution >= 4 is 27.5 Å². The second kappa shape index (κ2) is 8.54. The van der Waals surface area contributed by atoms with Gasteiger partial charge >= 0.3 is 0 Å². The number of rotatable bonds is 9. The average molecular weight is 316 g/mol. The quantitative estimate of drug-likeness (QED) is 0.735. The van der Waals surface area contributed by atoms with E-state index >= 15 is 0 Å². The first-order chi connectivity index (χ1) is 9.49. The molecule has 20 heavy (non-hydrogen) atoms. The van der Waals surface area contributed by atoms with Crippen LogP contribution in [0.15, 0.2) is 29.2 Å². The molecule has 0 aliphatic heterocycles. The fraction of sp³-hybridized carbons (Fsp3) is 0.571. The van der Waals surface area contributed by atoms with Gasteiger partial charge in [-0.2, -0.15) is 11.8 Å². The van der Waals surface area contributed by atoms with Crippen LogP contribution in [0.3, 0.4) is 0 Å². The van der Waals surface area contributed by atoms with E-state index < -0.39 is 10.0 Å². The van der Waals surface area contributed by atoms with E-state index in [1.807, 2.05) is 30.8 Å². The summed E-state index contributed by atoms with van der Waals surface area (Å²) in [4.78, 5) is 0.312. The molecule has 6 heteroatoms. The van der Waals surface area contributed by atoms with Crippen molar-refractivity contribution in [3.63, 3.8) is 0 Å². The third-order valence-corrected chi connectivity index (χ3v) is 5.31. The van der Waals surface area contributed by atoms with Crippen molar-refractivity contribution in [2.75, 3.05) is 23.4 Å². The Hall–Kier alpha value is -0.720. The van der Waals surface area contributed by atoms with Gasteiger partial charge in [0.15, 0.2) is 0 Å². The molecular weight excluding hydrogens is 292 g/mol. The molecule has 0 saturated heterocycles. The minimum absolute atomic E-state index is 0.312. The third-order valence-electron chi connectivity index (χ3n) is 2.69. The van der Waals surface area contributed by atoms with Crippen LogP contribution in [0, 0.1) is 0 Å². The first-order valence-corrected chi connectivity index (χ1v) is 9.57. The molecule has 1 unspecified atom stereocenters. The number of anilines is 1.